The third-order valence-corrected chi connectivity index (χ3v) is 6.05. The van der Waals surface area contributed by atoms with Crippen LogP contribution in [0.1, 0.15) is 47.3 Å². The van der Waals surface area contributed by atoms with E-state index < -0.39 is 5.91 Å². The van der Waals surface area contributed by atoms with E-state index in [0.717, 1.165) is 16.9 Å². The third kappa shape index (κ3) is 5.28. The van der Waals surface area contributed by atoms with Gasteiger partial charge in [-0.15, -0.1) is 10.2 Å². The van der Waals surface area contributed by atoms with Crippen molar-refractivity contribution < 1.29 is 14.3 Å². The minimum Gasteiger partial charge on any atom is -0.482 e. The van der Waals surface area contributed by atoms with Crippen molar-refractivity contribution in [2.75, 3.05) is 11.1 Å². The molecule has 0 aliphatic rings. The SMILES string of the molecule is CCn1c(SCC(=O)Nc2ccccc2C(N)=O)nnc1C(C)Oc1cccc(C)c1C. The lowest BCUT2D eigenvalue weighted by molar-refractivity contribution is -0.113. The number of ether oxygens (including phenoxy) is 1. The minimum absolute atomic E-state index is 0.109. The summed E-state index contributed by atoms with van der Waals surface area (Å²) in [5.41, 5.74) is 8.27. The summed E-state index contributed by atoms with van der Waals surface area (Å²) >= 11 is 1.27. The number of hydrogen-bond acceptors (Lipinski definition) is 6. The average molecular weight is 454 g/mol. The van der Waals surface area contributed by atoms with E-state index >= 15 is 0 Å². The molecule has 3 aromatic rings. The molecule has 1 heterocycles. The van der Waals surface area contributed by atoms with Crippen LogP contribution in [0.3, 0.4) is 0 Å². The predicted octanol–water partition coefficient (Wildman–Crippen LogP) is 3.88. The van der Waals surface area contributed by atoms with Crippen molar-refractivity contribution in [2.24, 2.45) is 5.73 Å². The number of benzene rings is 2. The number of amides is 2. The number of aryl methyl sites for hydroxylation is 1. The largest absolute Gasteiger partial charge is 0.482 e. The first-order chi connectivity index (χ1) is 15.3. The molecule has 0 saturated carbocycles. The van der Waals surface area contributed by atoms with Crippen molar-refractivity contribution in [3.8, 4) is 5.75 Å². The molecule has 1 unspecified atom stereocenters. The summed E-state index contributed by atoms with van der Waals surface area (Å²) in [5.74, 6) is 0.745. The first-order valence-electron chi connectivity index (χ1n) is 10.3. The molecule has 0 saturated heterocycles. The van der Waals surface area contributed by atoms with Gasteiger partial charge in [0.1, 0.15) is 5.75 Å². The molecule has 3 rings (SSSR count). The smallest absolute Gasteiger partial charge is 0.250 e. The molecule has 0 spiro atoms. The third-order valence-electron chi connectivity index (χ3n) is 5.08. The van der Waals surface area contributed by atoms with Crippen molar-refractivity contribution in [1.29, 1.82) is 0 Å². The van der Waals surface area contributed by atoms with Crippen molar-refractivity contribution in [2.45, 2.75) is 45.5 Å². The highest BCUT2D eigenvalue weighted by Gasteiger charge is 2.20. The summed E-state index contributed by atoms with van der Waals surface area (Å²) in [5, 5.41) is 11.9. The van der Waals surface area contributed by atoms with Gasteiger partial charge in [-0.05, 0) is 57.0 Å². The molecule has 0 bridgehead atoms. The number of rotatable bonds is 9. The highest BCUT2D eigenvalue weighted by atomic mass is 32.2. The Morgan fingerprint density at radius 2 is 1.91 bits per heavy atom. The molecule has 0 fully saturated rings. The molecule has 168 valence electrons. The van der Waals surface area contributed by atoms with E-state index in [-0.39, 0.29) is 23.3 Å². The van der Waals surface area contributed by atoms with E-state index in [0.29, 0.717) is 23.2 Å². The summed E-state index contributed by atoms with van der Waals surface area (Å²) in [6.45, 7) is 8.63. The molecular weight excluding hydrogens is 426 g/mol. The Morgan fingerprint density at radius 1 is 1.16 bits per heavy atom. The average Bonchev–Trinajstić information content (AvgIpc) is 3.19. The number of para-hydroxylation sites is 1. The maximum atomic E-state index is 12.4. The van der Waals surface area contributed by atoms with Gasteiger partial charge in [0.05, 0.1) is 17.0 Å². The van der Waals surface area contributed by atoms with Crippen LogP contribution in [-0.4, -0.2) is 32.3 Å². The first kappa shape index (κ1) is 23.3. The molecule has 0 aliphatic carbocycles. The van der Waals surface area contributed by atoms with Crippen LogP contribution in [0.5, 0.6) is 5.75 Å². The summed E-state index contributed by atoms with van der Waals surface area (Å²) < 4.78 is 8.09. The highest BCUT2D eigenvalue weighted by molar-refractivity contribution is 7.99. The van der Waals surface area contributed by atoms with E-state index in [1.165, 1.54) is 11.8 Å². The molecule has 32 heavy (non-hydrogen) atoms. The Labute approximate surface area is 191 Å². The maximum Gasteiger partial charge on any atom is 0.250 e. The lowest BCUT2D eigenvalue weighted by atomic mass is 10.1. The van der Waals surface area contributed by atoms with Gasteiger partial charge in [-0.25, -0.2) is 0 Å². The van der Waals surface area contributed by atoms with E-state index in [1.807, 2.05) is 50.5 Å². The van der Waals surface area contributed by atoms with Gasteiger partial charge in [0.15, 0.2) is 17.1 Å². The number of primary amides is 1. The number of thioether (sulfide) groups is 1. The Bertz CT molecular complexity index is 1130. The number of nitrogens with zero attached hydrogens (tertiary/aromatic N) is 3. The van der Waals surface area contributed by atoms with Crippen molar-refractivity contribution in [3.05, 3.63) is 65.0 Å². The second-order valence-corrected chi connectivity index (χ2v) is 8.23. The summed E-state index contributed by atoms with van der Waals surface area (Å²) in [6, 6.07) is 12.6. The van der Waals surface area contributed by atoms with Crippen LogP contribution in [0.4, 0.5) is 5.69 Å². The first-order valence-corrected chi connectivity index (χ1v) is 11.3. The fourth-order valence-corrected chi connectivity index (χ4v) is 4.03. The van der Waals surface area contributed by atoms with Crippen LogP contribution in [0.15, 0.2) is 47.6 Å². The van der Waals surface area contributed by atoms with Gasteiger partial charge in [-0.2, -0.15) is 0 Å². The van der Waals surface area contributed by atoms with Gasteiger partial charge in [0.25, 0.3) is 5.91 Å². The molecule has 9 heteroatoms. The van der Waals surface area contributed by atoms with Gasteiger partial charge in [-0.3, -0.25) is 9.59 Å². The number of aromatic nitrogens is 3. The zero-order valence-corrected chi connectivity index (χ0v) is 19.4. The second-order valence-electron chi connectivity index (χ2n) is 7.29. The molecule has 1 atom stereocenters. The molecule has 2 aromatic carbocycles. The van der Waals surface area contributed by atoms with Crippen LogP contribution in [0.2, 0.25) is 0 Å². The van der Waals surface area contributed by atoms with Gasteiger partial charge in [0, 0.05) is 6.54 Å². The quantitative estimate of drug-likeness (QED) is 0.476. The molecular formula is C23H27N5O3S. The second kappa shape index (κ2) is 10.3. The number of carbonyl (C=O) groups excluding carboxylic acids is 2. The summed E-state index contributed by atoms with van der Waals surface area (Å²) in [7, 11) is 0. The van der Waals surface area contributed by atoms with Gasteiger partial charge >= 0.3 is 0 Å². The number of hydrogen-bond donors (Lipinski definition) is 2. The molecule has 1 aromatic heterocycles. The Kier molecular flexibility index (Phi) is 7.53. The Balaban J connectivity index is 1.68. The maximum absolute atomic E-state index is 12.4. The number of nitrogens with one attached hydrogen (secondary N) is 1. The van der Waals surface area contributed by atoms with Crippen LogP contribution in [0, 0.1) is 13.8 Å². The summed E-state index contributed by atoms with van der Waals surface area (Å²) in [4.78, 5) is 24.0. The van der Waals surface area contributed by atoms with Gasteiger partial charge in [-0.1, -0.05) is 36.0 Å². The normalized spacial score (nSPS) is 11.8. The van der Waals surface area contributed by atoms with Crippen LogP contribution in [-0.2, 0) is 11.3 Å². The van der Waals surface area contributed by atoms with E-state index in [1.54, 1.807) is 24.3 Å². The van der Waals surface area contributed by atoms with Crippen LogP contribution >= 0.6 is 11.8 Å². The van der Waals surface area contributed by atoms with E-state index in [4.69, 9.17) is 10.5 Å². The fourth-order valence-electron chi connectivity index (χ4n) is 3.22. The Hall–Kier alpha value is -3.33. The Morgan fingerprint density at radius 3 is 2.62 bits per heavy atom. The van der Waals surface area contributed by atoms with Crippen molar-refractivity contribution in [1.82, 2.24) is 14.8 Å². The number of anilines is 1. The van der Waals surface area contributed by atoms with E-state index in [9.17, 15) is 9.59 Å². The molecule has 0 aliphatic heterocycles. The monoisotopic (exact) mass is 453 g/mol. The topological polar surface area (TPSA) is 112 Å². The number of nitrogens with two attached hydrogens (primary N) is 1. The van der Waals surface area contributed by atoms with E-state index in [2.05, 4.69) is 15.5 Å². The number of carbonyl (C=O) groups is 2. The minimum atomic E-state index is -0.596. The molecule has 3 N–H and O–H groups in total. The highest BCUT2D eigenvalue weighted by Crippen LogP contribution is 2.28. The van der Waals surface area contributed by atoms with Crippen molar-refractivity contribution in [3.63, 3.8) is 0 Å². The fraction of sp³-hybridized carbons (Fsp3) is 0.304. The van der Waals surface area contributed by atoms with Crippen LogP contribution in [0.25, 0.3) is 0 Å². The molecule has 8 nitrogen and oxygen atoms in total. The van der Waals surface area contributed by atoms with Gasteiger partial charge < -0.3 is 20.4 Å². The standard InChI is InChI=1S/C23H27N5O3S/c1-5-28-22(16(4)31-19-12-8-9-14(2)15(19)3)26-27-23(28)32-13-20(29)25-18-11-7-6-10-17(18)21(24)30/h6-12,16H,5,13H2,1-4H3,(H2,24,30)(H,25,29). The zero-order valence-electron chi connectivity index (χ0n) is 18.6. The zero-order chi connectivity index (χ0) is 23.3. The van der Waals surface area contributed by atoms with Crippen molar-refractivity contribution >= 4 is 29.3 Å². The lowest BCUT2D eigenvalue weighted by Gasteiger charge is -2.17. The predicted molar refractivity (Wildman–Crippen MR) is 125 cm³/mol. The lowest BCUT2D eigenvalue weighted by Crippen LogP contribution is -2.19. The van der Waals surface area contributed by atoms with Crippen LogP contribution < -0.4 is 15.8 Å². The molecule has 0 radical (unpaired) electrons. The molecule has 2 amide bonds. The van der Waals surface area contributed by atoms with Gasteiger partial charge in [0.2, 0.25) is 5.91 Å². The summed E-state index contributed by atoms with van der Waals surface area (Å²) in [6.07, 6.45) is -0.312.